The van der Waals surface area contributed by atoms with Crippen LogP contribution in [0.1, 0.15) is 40.5 Å². The van der Waals surface area contributed by atoms with Crippen LogP contribution >= 0.6 is 12.6 Å². The van der Waals surface area contributed by atoms with Crippen LogP contribution in [0.15, 0.2) is 0 Å². The van der Waals surface area contributed by atoms with Crippen molar-refractivity contribution in [2.45, 2.75) is 64.7 Å². The van der Waals surface area contributed by atoms with E-state index in [4.69, 9.17) is 15.9 Å². The van der Waals surface area contributed by atoms with E-state index in [0.717, 1.165) is 0 Å². The summed E-state index contributed by atoms with van der Waals surface area (Å²) in [7, 11) is 0. The Hall–Kier alpha value is -2.34. The Bertz CT molecular complexity index is 642. The number of carboxylic acids is 2. The van der Waals surface area contributed by atoms with E-state index in [2.05, 4.69) is 28.6 Å². The molecule has 0 saturated carbocycles. The molecule has 0 fully saturated rings. The maximum atomic E-state index is 12.7. The molecule has 0 aromatic heterocycles. The molecule has 0 aliphatic heterocycles. The second-order valence-electron chi connectivity index (χ2n) is 7.58. The van der Waals surface area contributed by atoms with Crippen molar-refractivity contribution in [2.75, 3.05) is 5.75 Å². The van der Waals surface area contributed by atoms with Crippen molar-refractivity contribution in [3.63, 3.8) is 0 Å². The zero-order chi connectivity index (χ0) is 23.6. The maximum Gasteiger partial charge on any atom is 0.327 e. The van der Waals surface area contributed by atoms with E-state index < -0.39 is 53.8 Å². The molecule has 0 aromatic rings. The Morgan fingerprint density at radius 3 is 1.63 bits per heavy atom. The van der Waals surface area contributed by atoms with Crippen molar-refractivity contribution >= 4 is 42.3 Å². The molecule has 7 N–H and O–H groups in total. The highest BCUT2D eigenvalue weighted by atomic mass is 32.1. The van der Waals surface area contributed by atoms with Crippen molar-refractivity contribution in [3.05, 3.63) is 0 Å². The highest BCUT2D eigenvalue weighted by Crippen LogP contribution is 2.08. The molecule has 0 aliphatic carbocycles. The zero-order valence-corrected chi connectivity index (χ0v) is 18.4. The van der Waals surface area contributed by atoms with Gasteiger partial charge in [-0.3, -0.25) is 19.2 Å². The number of carbonyl (C=O) groups is 5. The molecule has 0 aromatic carbocycles. The van der Waals surface area contributed by atoms with E-state index >= 15 is 0 Å². The first kappa shape index (κ1) is 27.7. The quantitative estimate of drug-likeness (QED) is 0.174. The number of aliphatic carboxylic acids is 2. The van der Waals surface area contributed by atoms with Gasteiger partial charge in [0.25, 0.3) is 0 Å². The molecule has 0 bridgehead atoms. The summed E-state index contributed by atoms with van der Waals surface area (Å²) in [6.07, 6.45) is -0.385. The number of hydrogen-bond donors (Lipinski definition) is 7. The molecule has 4 atom stereocenters. The van der Waals surface area contributed by atoms with E-state index in [1.807, 2.05) is 0 Å². The standard InChI is InChI=1S/C18H32N4O7S/c1-8(2)13(16(26)20-11(7-30)18(28)29)22-17(27)14(9(3)4)21-15(25)10(19)5-6-12(23)24/h8-11,13-14,30H,5-7,19H2,1-4H3,(H,20,26)(H,21,25)(H,22,27)(H,23,24)(H,28,29). The minimum atomic E-state index is -1.25. The van der Waals surface area contributed by atoms with Crippen LogP contribution in [0.5, 0.6) is 0 Å². The van der Waals surface area contributed by atoms with Crippen molar-refractivity contribution in [1.29, 1.82) is 0 Å². The van der Waals surface area contributed by atoms with Crippen LogP contribution < -0.4 is 21.7 Å². The van der Waals surface area contributed by atoms with Gasteiger partial charge in [-0.15, -0.1) is 0 Å². The first-order valence-corrected chi connectivity index (χ1v) is 10.2. The Morgan fingerprint density at radius 2 is 1.27 bits per heavy atom. The van der Waals surface area contributed by atoms with Gasteiger partial charge < -0.3 is 31.9 Å². The third-order valence-corrected chi connectivity index (χ3v) is 4.66. The smallest absolute Gasteiger partial charge is 0.327 e. The number of hydrogen-bond acceptors (Lipinski definition) is 7. The number of rotatable bonds is 13. The molecule has 30 heavy (non-hydrogen) atoms. The normalized spacial score (nSPS) is 15.1. The topological polar surface area (TPSA) is 188 Å². The average molecular weight is 449 g/mol. The SMILES string of the molecule is CC(C)C(NC(=O)C(N)CCC(=O)O)C(=O)NC(C(=O)NC(CS)C(=O)O)C(C)C. The number of carboxylic acid groups (broad SMARTS) is 2. The zero-order valence-electron chi connectivity index (χ0n) is 17.5. The van der Waals surface area contributed by atoms with Crippen molar-refractivity contribution in [1.82, 2.24) is 16.0 Å². The number of amides is 3. The minimum Gasteiger partial charge on any atom is -0.481 e. The second kappa shape index (κ2) is 13.1. The Kier molecular flexibility index (Phi) is 12.0. The maximum absolute atomic E-state index is 12.7. The monoisotopic (exact) mass is 448 g/mol. The predicted octanol–water partition coefficient (Wildman–Crippen LogP) is -1.04. The fraction of sp³-hybridized carbons (Fsp3) is 0.722. The van der Waals surface area contributed by atoms with E-state index in [9.17, 15) is 24.0 Å². The molecule has 0 heterocycles. The third kappa shape index (κ3) is 9.44. The van der Waals surface area contributed by atoms with Gasteiger partial charge in [-0.2, -0.15) is 12.6 Å². The molecule has 3 amide bonds. The fourth-order valence-corrected chi connectivity index (χ4v) is 2.68. The van der Waals surface area contributed by atoms with Crippen LogP contribution in [0.2, 0.25) is 0 Å². The van der Waals surface area contributed by atoms with Gasteiger partial charge in [0.05, 0.1) is 6.04 Å². The first-order valence-electron chi connectivity index (χ1n) is 9.53. The van der Waals surface area contributed by atoms with Gasteiger partial charge in [0.15, 0.2) is 0 Å². The summed E-state index contributed by atoms with van der Waals surface area (Å²) in [5.41, 5.74) is 5.68. The van der Waals surface area contributed by atoms with Crippen LogP contribution in [0.3, 0.4) is 0 Å². The van der Waals surface area contributed by atoms with Gasteiger partial charge in [-0.25, -0.2) is 4.79 Å². The molecular weight excluding hydrogens is 416 g/mol. The van der Waals surface area contributed by atoms with E-state index in [1.54, 1.807) is 27.7 Å². The second-order valence-corrected chi connectivity index (χ2v) is 7.95. The number of carbonyl (C=O) groups excluding carboxylic acids is 3. The molecule has 4 unspecified atom stereocenters. The fourth-order valence-electron chi connectivity index (χ4n) is 2.43. The average Bonchev–Trinajstić information content (AvgIpc) is 2.64. The van der Waals surface area contributed by atoms with Crippen LogP contribution in [0.4, 0.5) is 0 Å². The highest BCUT2D eigenvalue weighted by Gasteiger charge is 2.32. The minimum absolute atomic E-state index is 0.0923. The molecule has 172 valence electrons. The van der Waals surface area contributed by atoms with Crippen LogP contribution in [0.25, 0.3) is 0 Å². The summed E-state index contributed by atoms with van der Waals surface area (Å²) in [5, 5.41) is 25.1. The molecule has 12 heteroatoms. The molecule has 0 spiro atoms. The van der Waals surface area contributed by atoms with Gasteiger partial charge >= 0.3 is 11.9 Å². The number of nitrogens with one attached hydrogen (secondary N) is 3. The number of nitrogens with two attached hydrogens (primary N) is 1. The Balaban J connectivity index is 5.23. The summed E-state index contributed by atoms with van der Waals surface area (Å²) in [5.74, 6) is -5.22. The molecule has 0 radical (unpaired) electrons. The Morgan fingerprint density at radius 1 is 0.833 bits per heavy atom. The lowest BCUT2D eigenvalue weighted by Gasteiger charge is -2.28. The number of thiol groups is 1. The van der Waals surface area contributed by atoms with Gasteiger partial charge in [0.2, 0.25) is 17.7 Å². The van der Waals surface area contributed by atoms with Gasteiger partial charge in [0, 0.05) is 12.2 Å². The van der Waals surface area contributed by atoms with E-state index in [-0.39, 0.29) is 30.4 Å². The lowest BCUT2D eigenvalue weighted by molar-refractivity contribution is -0.142. The lowest BCUT2D eigenvalue weighted by atomic mass is 9.99. The molecular formula is C18H32N4O7S. The molecule has 0 saturated heterocycles. The van der Waals surface area contributed by atoms with Crippen LogP contribution in [-0.2, 0) is 24.0 Å². The highest BCUT2D eigenvalue weighted by molar-refractivity contribution is 7.80. The largest absolute Gasteiger partial charge is 0.481 e. The predicted molar refractivity (Wildman–Crippen MR) is 112 cm³/mol. The van der Waals surface area contributed by atoms with E-state index in [1.165, 1.54) is 0 Å². The summed E-state index contributed by atoms with van der Waals surface area (Å²) < 4.78 is 0. The summed E-state index contributed by atoms with van der Waals surface area (Å²) in [4.78, 5) is 59.2. The lowest BCUT2D eigenvalue weighted by Crippen LogP contribution is -2.59. The third-order valence-electron chi connectivity index (χ3n) is 4.30. The molecule has 11 nitrogen and oxygen atoms in total. The van der Waals surface area contributed by atoms with E-state index in [0.29, 0.717) is 0 Å². The summed E-state index contributed by atoms with van der Waals surface area (Å²) in [6.45, 7) is 6.70. The summed E-state index contributed by atoms with van der Waals surface area (Å²) >= 11 is 3.89. The Labute approximate surface area is 180 Å². The van der Waals surface area contributed by atoms with Gasteiger partial charge in [0.1, 0.15) is 18.1 Å². The van der Waals surface area contributed by atoms with Crippen molar-refractivity contribution in [2.24, 2.45) is 17.6 Å². The van der Waals surface area contributed by atoms with Crippen LogP contribution in [0, 0.1) is 11.8 Å². The van der Waals surface area contributed by atoms with Crippen molar-refractivity contribution < 1.29 is 34.2 Å². The summed E-state index contributed by atoms with van der Waals surface area (Å²) in [6, 6.07) is -4.39. The van der Waals surface area contributed by atoms with Gasteiger partial charge in [-0.05, 0) is 18.3 Å². The van der Waals surface area contributed by atoms with Gasteiger partial charge in [-0.1, -0.05) is 27.7 Å². The molecule has 0 aliphatic rings. The van der Waals surface area contributed by atoms with Crippen molar-refractivity contribution in [3.8, 4) is 0 Å². The molecule has 0 rings (SSSR count). The first-order chi connectivity index (χ1) is 13.8. The van der Waals surface area contributed by atoms with Crippen LogP contribution in [-0.4, -0.2) is 69.8 Å².